The number of unbranched alkanes of at least 4 members (excludes halogenated alkanes) is 10. The summed E-state index contributed by atoms with van der Waals surface area (Å²) < 4.78 is 38.3. The number of aryl methyl sites for hydroxylation is 1. The van der Waals surface area contributed by atoms with Crippen molar-refractivity contribution in [2.45, 2.75) is 88.9 Å². The van der Waals surface area contributed by atoms with Crippen molar-refractivity contribution in [3.8, 4) is 17.2 Å². The molecule has 0 aliphatic heterocycles. The molecule has 0 spiro atoms. The molecule has 172 valence electrons. The van der Waals surface area contributed by atoms with E-state index in [1.807, 2.05) is 12.1 Å². The van der Waals surface area contributed by atoms with Crippen molar-refractivity contribution in [1.29, 1.82) is 0 Å². The minimum absolute atomic E-state index is 0. The van der Waals surface area contributed by atoms with E-state index in [-0.39, 0.29) is 57.1 Å². The summed E-state index contributed by atoms with van der Waals surface area (Å²) in [6.07, 6.45) is 14.7. The number of rotatable bonds is 15. The second kappa shape index (κ2) is 16.3. The fourth-order valence-corrected chi connectivity index (χ4v) is 4.33. The Labute approximate surface area is 236 Å². The van der Waals surface area contributed by atoms with Gasteiger partial charge in [0.05, 0.1) is 0 Å². The number of hydrogen-bond donors (Lipinski definition) is 1. The summed E-state index contributed by atoms with van der Waals surface area (Å²) in [5.41, 5.74) is 0.919. The molecular weight excluding hydrogens is 451 g/mol. The van der Waals surface area contributed by atoms with Gasteiger partial charge in [-0.2, -0.15) is 8.42 Å². The van der Waals surface area contributed by atoms with Crippen LogP contribution >= 0.6 is 0 Å². The van der Waals surface area contributed by atoms with Crippen LogP contribution in [0.1, 0.15) is 83.1 Å². The first-order chi connectivity index (χ1) is 14.9. The number of para-hydroxylation sites is 2. The van der Waals surface area contributed by atoms with Gasteiger partial charge in [0.25, 0.3) is 10.1 Å². The van der Waals surface area contributed by atoms with Crippen molar-refractivity contribution in [1.82, 2.24) is 0 Å². The Bertz CT molecular complexity index is 899. The third-order valence-corrected chi connectivity index (χ3v) is 6.33. The Hall–Kier alpha value is -0.414. The van der Waals surface area contributed by atoms with Crippen LogP contribution in [0.15, 0.2) is 47.4 Å². The summed E-state index contributed by atoms with van der Waals surface area (Å²) in [6, 6.07) is 11.0. The largest absolute Gasteiger partial charge is 1.00 e. The first kappa shape index (κ1) is 29.6. The molecule has 0 saturated heterocycles. The van der Waals surface area contributed by atoms with Gasteiger partial charge in [-0.3, -0.25) is 4.55 Å². The smallest absolute Gasteiger partial charge is 0.870 e. The molecule has 0 heterocycles. The van der Waals surface area contributed by atoms with E-state index in [0.29, 0.717) is 5.75 Å². The van der Waals surface area contributed by atoms with Gasteiger partial charge in [-0.15, -0.1) is 0 Å². The topological polar surface area (TPSA) is 86.7 Å². The first-order valence-corrected chi connectivity index (χ1v) is 12.9. The molecule has 2 aromatic carbocycles. The monoisotopic (exact) mass is 486 g/mol. The molecule has 7 heteroatoms. The molecule has 0 aliphatic carbocycles. The molecule has 0 saturated carbocycles. The van der Waals surface area contributed by atoms with E-state index in [2.05, 4.69) is 6.92 Å². The van der Waals surface area contributed by atoms with Gasteiger partial charge in [0.1, 0.15) is 16.4 Å². The molecule has 0 aromatic heterocycles. The van der Waals surface area contributed by atoms with Crippen molar-refractivity contribution >= 4 is 10.1 Å². The quantitative estimate of drug-likeness (QED) is 0.236. The minimum atomic E-state index is -4.55. The van der Waals surface area contributed by atoms with Gasteiger partial charge in [-0.1, -0.05) is 107 Å². The third-order valence-electron chi connectivity index (χ3n) is 5.45. The van der Waals surface area contributed by atoms with Crippen molar-refractivity contribution in [2.75, 3.05) is 0 Å². The number of ether oxygens (including phenoxy) is 1. The van der Waals surface area contributed by atoms with Gasteiger partial charge in [0, 0.05) is 0 Å². The molecular formula is C25H35KO5S. The minimum Gasteiger partial charge on any atom is -0.870 e. The normalized spacial score (nSPS) is 11.2. The molecule has 1 N–H and O–H groups in total. The Morgan fingerprint density at radius 3 is 1.97 bits per heavy atom. The molecule has 32 heavy (non-hydrogen) atoms. The van der Waals surface area contributed by atoms with E-state index < -0.39 is 20.8 Å². The van der Waals surface area contributed by atoms with Crippen LogP contribution in [0.25, 0.3) is 0 Å². The van der Waals surface area contributed by atoms with Gasteiger partial charge >= 0.3 is 51.4 Å². The van der Waals surface area contributed by atoms with E-state index in [4.69, 9.17) is 4.74 Å². The van der Waals surface area contributed by atoms with Crippen molar-refractivity contribution in [2.24, 2.45) is 0 Å². The van der Waals surface area contributed by atoms with Crippen LogP contribution in [0.3, 0.4) is 0 Å². The summed E-state index contributed by atoms with van der Waals surface area (Å²) in [4.78, 5) is -0.510. The maximum atomic E-state index is 12.2. The van der Waals surface area contributed by atoms with Crippen LogP contribution in [0.2, 0.25) is 0 Å². The van der Waals surface area contributed by atoms with Crippen LogP contribution in [0.4, 0.5) is 0 Å². The molecule has 2 rings (SSSR count). The van der Waals surface area contributed by atoms with E-state index >= 15 is 0 Å². The Morgan fingerprint density at radius 1 is 0.812 bits per heavy atom. The molecule has 0 aliphatic rings. The van der Waals surface area contributed by atoms with E-state index in [0.717, 1.165) is 24.8 Å². The van der Waals surface area contributed by atoms with E-state index in [9.17, 15) is 18.1 Å². The van der Waals surface area contributed by atoms with Crippen molar-refractivity contribution < 1.29 is 74.2 Å². The number of benzene rings is 2. The summed E-state index contributed by atoms with van der Waals surface area (Å²) in [5.74, 6) is -0.501. The average molecular weight is 487 g/mol. The van der Waals surface area contributed by atoms with Crippen molar-refractivity contribution in [3.05, 3.63) is 48.0 Å². The third kappa shape index (κ3) is 10.7. The van der Waals surface area contributed by atoms with Crippen LogP contribution < -0.4 is 61.2 Å². The zero-order chi connectivity index (χ0) is 22.5. The second-order valence-corrected chi connectivity index (χ2v) is 9.44. The van der Waals surface area contributed by atoms with Gasteiger partial charge in [-0.25, -0.2) is 0 Å². The molecule has 0 fully saturated rings. The fourth-order valence-electron chi connectivity index (χ4n) is 3.70. The van der Waals surface area contributed by atoms with Crippen LogP contribution in [-0.4, -0.2) is 13.0 Å². The Morgan fingerprint density at radius 2 is 1.38 bits per heavy atom. The average Bonchev–Trinajstić information content (AvgIpc) is 2.73. The van der Waals surface area contributed by atoms with Crippen LogP contribution in [0, 0.1) is 0 Å². The maximum absolute atomic E-state index is 12.2. The zero-order valence-corrected chi connectivity index (χ0v) is 23.5. The standard InChI is InChI=1S/C25H36O5S.K/c1-2-3-4-5-6-7-8-9-10-11-12-16-21-17-13-14-19-23(21)30-25-22(26)18-15-20-24(25)31(27,28)29;/h13-15,17-20,26H,2-12,16H2,1H3,(H,27,28,29);/q;+1/p-1. The summed E-state index contributed by atoms with van der Waals surface area (Å²) in [6.45, 7) is 2.24. The zero-order valence-electron chi connectivity index (χ0n) is 19.5. The summed E-state index contributed by atoms with van der Waals surface area (Å²) >= 11 is 0. The predicted molar refractivity (Wildman–Crippen MR) is 122 cm³/mol. The summed E-state index contributed by atoms with van der Waals surface area (Å²) in [7, 11) is -4.55. The molecule has 0 bridgehead atoms. The van der Waals surface area contributed by atoms with Gasteiger partial charge in [0.2, 0.25) is 0 Å². The maximum Gasteiger partial charge on any atom is 1.00 e. The van der Waals surface area contributed by atoms with Gasteiger partial charge in [0.15, 0.2) is 0 Å². The van der Waals surface area contributed by atoms with E-state index in [1.54, 1.807) is 12.1 Å². The van der Waals surface area contributed by atoms with Crippen LogP contribution in [0.5, 0.6) is 17.2 Å². The summed E-state index contributed by atoms with van der Waals surface area (Å²) in [5, 5.41) is 12.2. The van der Waals surface area contributed by atoms with Gasteiger partial charge < -0.3 is 9.84 Å². The number of hydrogen-bond acceptors (Lipinski definition) is 4. The molecule has 0 amide bonds. The molecule has 0 atom stereocenters. The van der Waals surface area contributed by atoms with Crippen molar-refractivity contribution in [3.63, 3.8) is 0 Å². The molecule has 5 nitrogen and oxygen atoms in total. The second-order valence-electron chi connectivity index (χ2n) is 8.05. The predicted octanol–water partition coefficient (Wildman–Crippen LogP) is 3.66. The molecule has 0 unspecified atom stereocenters. The van der Waals surface area contributed by atoms with E-state index in [1.165, 1.54) is 76.0 Å². The SMILES string of the molecule is CCCCCCCCCCCCCc1ccccc1Oc1c([O-])cccc1S(=O)(=O)O.[K+]. The fraction of sp³-hybridized carbons (Fsp3) is 0.520. The Kier molecular flexibility index (Phi) is 15.0. The first-order valence-electron chi connectivity index (χ1n) is 11.5. The van der Waals surface area contributed by atoms with Gasteiger partial charge in [-0.05, 0) is 30.5 Å². The van der Waals surface area contributed by atoms with Crippen LogP contribution in [-0.2, 0) is 16.5 Å². The Balaban J connectivity index is 0.00000512. The molecule has 0 radical (unpaired) electrons. The molecule has 2 aromatic rings.